The van der Waals surface area contributed by atoms with Crippen LogP contribution in [0, 0.1) is 0 Å². The number of nitrogens with one attached hydrogen (secondary N) is 1. The van der Waals surface area contributed by atoms with Gasteiger partial charge in [0.25, 0.3) is 0 Å². The molecule has 0 heterocycles. The summed E-state index contributed by atoms with van der Waals surface area (Å²) in [6, 6.07) is 7.69. The van der Waals surface area contributed by atoms with Gasteiger partial charge in [-0.3, -0.25) is 0 Å². The molecule has 0 spiro atoms. The Hall–Kier alpha value is -0.740. The summed E-state index contributed by atoms with van der Waals surface area (Å²) >= 11 is 6.09. The quantitative estimate of drug-likeness (QED) is 0.845. The number of anilines is 1. The van der Waals surface area contributed by atoms with Crippen molar-refractivity contribution >= 4 is 27.1 Å². The number of hydrogen-bond donors (Lipinski definition) is 1. The summed E-state index contributed by atoms with van der Waals surface area (Å²) in [5.74, 6) is 0.113. The zero-order valence-electron chi connectivity index (χ0n) is 11.9. The summed E-state index contributed by atoms with van der Waals surface area (Å²) < 4.78 is 23.3. The third kappa shape index (κ3) is 4.39. The lowest BCUT2D eigenvalue weighted by Gasteiger charge is -2.20. The number of alkyl halides is 1. The molecule has 0 saturated carbocycles. The SMILES string of the molecule is CC(Cl)c1ccccc1NCCS(=O)(=O)C(C)(C)C. The Morgan fingerprint density at radius 3 is 2.37 bits per heavy atom. The van der Waals surface area contributed by atoms with E-state index in [1.54, 1.807) is 20.8 Å². The molecular formula is C14H22ClNO2S. The van der Waals surface area contributed by atoms with Crippen LogP contribution in [0.4, 0.5) is 5.69 Å². The van der Waals surface area contributed by atoms with Crippen molar-refractivity contribution in [2.24, 2.45) is 0 Å². The molecule has 0 amide bonds. The molecule has 0 saturated heterocycles. The van der Waals surface area contributed by atoms with Crippen LogP contribution in [-0.2, 0) is 9.84 Å². The zero-order chi connectivity index (χ0) is 14.7. The van der Waals surface area contributed by atoms with E-state index in [1.165, 1.54) is 0 Å². The minimum absolute atomic E-state index is 0.108. The van der Waals surface area contributed by atoms with Crippen LogP contribution in [0.3, 0.4) is 0 Å². The molecule has 108 valence electrons. The van der Waals surface area contributed by atoms with Crippen LogP contribution in [0.1, 0.15) is 38.6 Å². The predicted molar refractivity (Wildman–Crippen MR) is 82.7 cm³/mol. The van der Waals surface area contributed by atoms with Gasteiger partial charge in [-0.05, 0) is 39.3 Å². The predicted octanol–water partition coefficient (Wildman–Crippen LogP) is 3.61. The molecule has 1 rings (SSSR count). The third-order valence-electron chi connectivity index (χ3n) is 3.01. The van der Waals surface area contributed by atoms with E-state index in [0.717, 1.165) is 11.3 Å². The van der Waals surface area contributed by atoms with Gasteiger partial charge in [0, 0.05) is 12.2 Å². The van der Waals surface area contributed by atoms with E-state index in [2.05, 4.69) is 5.32 Å². The molecule has 0 aliphatic rings. The number of sulfone groups is 1. The number of rotatable bonds is 5. The second-order valence-electron chi connectivity index (χ2n) is 5.56. The van der Waals surface area contributed by atoms with Gasteiger partial charge in [0.05, 0.1) is 15.9 Å². The molecule has 1 aromatic carbocycles. The van der Waals surface area contributed by atoms with Gasteiger partial charge in [-0.2, -0.15) is 0 Å². The summed E-state index contributed by atoms with van der Waals surface area (Å²) in [6.07, 6.45) is 0. The van der Waals surface area contributed by atoms with Gasteiger partial charge in [0.2, 0.25) is 0 Å². The summed E-state index contributed by atoms with van der Waals surface area (Å²) in [7, 11) is -3.10. The molecule has 0 fully saturated rings. The Balaban J connectivity index is 2.70. The minimum atomic E-state index is -3.10. The first-order chi connectivity index (χ1) is 8.65. The molecule has 1 aromatic rings. The number of hydrogen-bond acceptors (Lipinski definition) is 3. The highest BCUT2D eigenvalue weighted by Gasteiger charge is 2.28. The fraction of sp³-hybridized carbons (Fsp3) is 0.571. The molecule has 1 unspecified atom stereocenters. The van der Waals surface area contributed by atoms with Crippen molar-refractivity contribution in [3.05, 3.63) is 29.8 Å². The fourth-order valence-corrected chi connectivity index (χ4v) is 2.80. The summed E-state index contributed by atoms with van der Waals surface area (Å²) in [4.78, 5) is 0. The first-order valence-corrected chi connectivity index (χ1v) is 8.43. The van der Waals surface area contributed by atoms with Gasteiger partial charge in [0.15, 0.2) is 9.84 Å². The monoisotopic (exact) mass is 303 g/mol. The van der Waals surface area contributed by atoms with Crippen LogP contribution >= 0.6 is 11.6 Å². The number of benzene rings is 1. The average molecular weight is 304 g/mol. The van der Waals surface area contributed by atoms with Crippen molar-refractivity contribution in [2.75, 3.05) is 17.6 Å². The lowest BCUT2D eigenvalue weighted by atomic mass is 10.1. The highest BCUT2D eigenvalue weighted by molar-refractivity contribution is 7.92. The molecule has 0 aliphatic carbocycles. The maximum Gasteiger partial charge on any atom is 0.156 e. The van der Waals surface area contributed by atoms with Crippen LogP contribution in [0.25, 0.3) is 0 Å². The molecule has 1 atom stereocenters. The van der Waals surface area contributed by atoms with Crippen LogP contribution in [-0.4, -0.2) is 25.5 Å². The molecule has 1 N–H and O–H groups in total. The van der Waals surface area contributed by atoms with Crippen LogP contribution < -0.4 is 5.32 Å². The molecule has 0 bridgehead atoms. The first-order valence-electron chi connectivity index (χ1n) is 6.34. The normalized spacial score (nSPS) is 14.2. The van der Waals surface area contributed by atoms with E-state index < -0.39 is 14.6 Å². The van der Waals surface area contributed by atoms with Gasteiger partial charge in [0.1, 0.15) is 0 Å². The van der Waals surface area contributed by atoms with Crippen molar-refractivity contribution in [3.8, 4) is 0 Å². The lowest BCUT2D eigenvalue weighted by Crippen LogP contribution is -2.33. The van der Waals surface area contributed by atoms with Crippen LogP contribution in [0.15, 0.2) is 24.3 Å². The Bertz CT molecular complexity index is 518. The number of para-hydroxylation sites is 1. The summed E-state index contributed by atoms with van der Waals surface area (Å²) in [5, 5.41) is 3.05. The minimum Gasteiger partial charge on any atom is -0.384 e. The third-order valence-corrected chi connectivity index (χ3v) is 5.85. The first kappa shape index (κ1) is 16.3. The highest BCUT2D eigenvalue weighted by atomic mass is 35.5. The van der Waals surface area contributed by atoms with Gasteiger partial charge in [-0.1, -0.05) is 18.2 Å². The maximum absolute atomic E-state index is 12.0. The van der Waals surface area contributed by atoms with E-state index >= 15 is 0 Å². The van der Waals surface area contributed by atoms with Crippen molar-refractivity contribution in [1.82, 2.24) is 0 Å². The van der Waals surface area contributed by atoms with Gasteiger partial charge < -0.3 is 5.32 Å². The molecule has 0 aliphatic heterocycles. The van der Waals surface area contributed by atoms with Gasteiger partial charge >= 0.3 is 0 Å². The van der Waals surface area contributed by atoms with Crippen molar-refractivity contribution < 1.29 is 8.42 Å². The summed E-state index contributed by atoms with van der Waals surface area (Å²) in [5.41, 5.74) is 1.88. The van der Waals surface area contributed by atoms with Gasteiger partial charge in [-0.25, -0.2) is 8.42 Å². The second-order valence-corrected chi connectivity index (χ2v) is 9.08. The van der Waals surface area contributed by atoms with E-state index in [9.17, 15) is 8.42 Å². The molecule has 5 heteroatoms. The molecular weight excluding hydrogens is 282 g/mol. The molecule has 19 heavy (non-hydrogen) atoms. The Labute approximate surface area is 121 Å². The lowest BCUT2D eigenvalue weighted by molar-refractivity contribution is 0.560. The highest BCUT2D eigenvalue weighted by Crippen LogP contribution is 2.27. The average Bonchev–Trinajstić information content (AvgIpc) is 2.27. The maximum atomic E-state index is 12.0. The van der Waals surface area contributed by atoms with E-state index in [1.807, 2.05) is 31.2 Å². The van der Waals surface area contributed by atoms with E-state index in [4.69, 9.17) is 11.6 Å². The fourth-order valence-electron chi connectivity index (χ4n) is 1.63. The van der Waals surface area contributed by atoms with Gasteiger partial charge in [-0.15, -0.1) is 11.6 Å². The largest absolute Gasteiger partial charge is 0.384 e. The van der Waals surface area contributed by atoms with Crippen LogP contribution in [0.5, 0.6) is 0 Å². The van der Waals surface area contributed by atoms with Crippen LogP contribution in [0.2, 0.25) is 0 Å². The molecule has 3 nitrogen and oxygen atoms in total. The van der Waals surface area contributed by atoms with Crippen molar-refractivity contribution in [2.45, 2.75) is 37.8 Å². The Kier molecular flexibility index (Phi) is 5.27. The number of halogens is 1. The molecule has 0 radical (unpaired) electrons. The van der Waals surface area contributed by atoms with Crippen molar-refractivity contribution in [1.29, 1.82) is 0 Å². The summed E-state index contributed by atoms with van der Waals surface area (Å²) in [6.45, 7) is 7.44. The second kappa shape index (κ2) is 6.14. The van der Waals surface area contributed by atoms with E-state index in [0.29, 0.717) is 6.54 Å². The standard InChI is InChI=1S/C14H22ClNO2S/c1-11(15)12-7-5-6-8-13(12)16-9-10-19(17,18)14(2,3)4/h5-8,11,16H,9-10H2,1-4H3. The van der Waals surface area contributed by atoms with Crippen molar-refractivity contribution in [3.63, 3.8) is 0 Å². The smallest absolute Gasteiger partial charge is 0.156 e. The van der Waals surface area contributed by atoms with E-state index in [-0.39, 0.29) is 11.1 Å². The topological polar surface area (TPSA) is 46.2 Å². The Morgan fingerprint density at radius 1 is 1.26 bits per heavy atom. The Morgan fingerprint density at radius 2 is 1.84 bits per heavy atom. The molecule has 0 aromatic heterocycles. The zero-order valence-corrected chi connectivity index (χ0v) is 13.5.